The molecule has 0 atom stereocenters. The number of hydrogen-bond donors (Lipinski definition) is 0. The monoisotopic (exact) mass is 324 g/mol. The van der Waals surface area contributed by atoms with Gasteiger partial charge >= 0.3 is 12.7 Å². The molecular weight excluding hydrogens is 322 g/mol. The van der Waals surface area contributed by atoms with Crippen molar-refractivity contribution in [2.24, 2.45) is 0 Å². The molecule has 0 spiro atoms. The lowest BCUT2D eigenvalue weighted by Gasteiger charge is -2.12. The zero-order valence-corrected chi connectivity index (χ0v) is 9.28. The fourth-order valence-corrected chi connectivity index (χ4v) is 1.37. The minimum absolute atomic E-state index is 0.0431. The molecule has 1 aromatic rings. The number of ether oxygens (including phenoxy) is 2. The van der Waals surface area contributed by atoms with Crippen LogP contribution in [0.3, 0.4) is 0 Å². The van der Waals surface area contributed by atoms with Gasteiger partial charge in [-0.3, -0.25) is 0 Å². The molecule has 0 aliphatic heterocycles. The van der Waals surface area contributed by atoms with Crippen LogP contribution in [0.25, 0.3) is 0 Å². The van der Waals surface area contributed by atoms with E-state index in [0.717, 1.165) is 12.1 Å². The summed E-state index contributed by atoms with van der Waals surface area (Å²) in [7, 11) is 0. The molecule has 0 amide bonds. The summed E-state index contributed by atoms with van der Waals surface area (Å²) in [5, 5.41) is 0. The molecule has 96 valence electrons. The van der Waals surface area contributed by atoms with Crippen molar-refractivity contribution in [1.82, 2.24) is 0 Å². The maximum atomic E-state index is 11.8. The molecule has 9 heteroatoms. The van der Waals surface area contributed by atoms with Crippen molar-refractivity contribution in [1.29, 1.82) is 0 Å². The van der Waals surface area contributed by atoms with Crippen LogP contribution in [0.15, 0.2) is 22.7 Å². The Morgan fingerprint density at radius 3 is 1.41 bits per heavy atom. The smallest absolute Gasteiger partial charge is 0.406 e. The first kappa shape index (κ1) is 13.9. The average molecular weight is 325 g/mol. The Morgan fingerprint density at radius 1 is 0.765 bits per heavy atom. The molecule has 0 bridgehead atoms. The third-order valence-corrected chi connectivity index (χ3v) is 1.77. The van der Waals surface area contributed by atoms with Gasteiger partial charge in [-0.2, -0.15) is 0 Å². The number of rotatable bonds is 2. The van der Waals surface area contributed by atoms with Crippen molar-refractivity contribution in [3.63, 3.8) is 0 Å². The van der Waals surface area contributed by atoms with E-state index in [9.17, 15) is 26.3 Å². The second-order valence-electron chi connectivity index (χ2n) is 2.72. The lowest BCUT2D eigenvalue weighted by Crippen LogP contribution is -2.19. The molecule has 2 nitrogen and oxygen atoms in total. The van der Waals surface area contributed by atoms with Gasteiger partial charge in [0.15, 0.2) is 0 Å². The molecule has 0 fully saturated rings. The molecule has 0 heterocycles. The van der Waals surface area contributed by atoms with E-state index < -0.39 is 24.2 Å². The molecule has 0 aliphatic carbocycles. The van der Waals surface area contributed by atoms with Crippen LogP contribution in [-0.2, 0) is 0 Å². The summed E-state index contributed by atoms with van der Waals surface area (Å²) in [6.07, 6.45) is -9.98. The molecule has 0 aromatic heterocycles. The predicted molar refractivity (Wildman–Crippen MR) is 47.5 cm³/mol. The van der Waals surface area contributed by atoms with Crippen molar-refractivity contribution in [3.8, 4) is 11.5 Å². The molecule has 1 aromatic carbocycles. The Bertz CT molecular complexity index is 366. The van der Waals surface area contributed by atoms with Gasteiger partial charge in [0.25, 0.3) is 0 Å². The van der Waals surface area contributed by atoms with E-state index in [1.165, 1.54) is 0 Å². The maximum absolute atomic E-state index is 11.8. The highest BCUT2D eigenvalue weighted by Gasteiger charge is 2.33. The molecule has 0 unspecified atom stereocenters. The van der Waals surface area contributed by atoms with E-state index in [0.29, 0.717) is 6.07 Å². The standard InChI is InChI=1S/C8H3BrF6O2/c9-4-1-5(16-7(10,11)12)3-6(2-4)17-8(13,14)15/h1-3H. The molecular formula is C8H3BrF6O2. The van der Waals surface area contributed by atoms with Gasteiger partial charge in [0.2, 0.25) is 0 Å². The molecule has 0 aliphatic rings. The van der Waals surface area contributed by atoms with Gasteiger partial charge in [-0.1, -0.05) is 15.9 Å². The van der Waals surface area contributed by atoms with Gasteiger partial charge in [-0.15, -0.1) is 26.3 Å². The first-order valence-electron chi connectivity index (χ1n) is 3.87. The van der Waals surface area contributed by atoms with E-state index in [1.807, 2.05) is 0 Å². The summed E-state index contributed by atoms with van der Waals surface area (Å²) in [5.74, 6) is -1.63. The first-order valence-corrected chi connectivity index (χ1v) is 4.66. The van der Waals surface area contributed by atoms with Crippen molar-refractivity contribution in [2.45, 2.75) is 12.7 Å². The Morgan fingerprint density at radius 2 is 1.12 bits per heavy atom. The maximum Gasteiger partial charge on any atom is 0.573 e. The third kappa shape index (κ3) is 5.66. The fourth-order valence-electron chi connectivity index (χ4n) is 0.922. The number of benzene rings is 1. The summed E-state index contributed by atoms with van der Waals surface area (Å²) >= 11 is 2.73. The van der Waals surface area contributed by atoms with Crippen LogP contribution in [0.5, 0.6) is 11.5 Å². The van der Waals surface area contributed by atoms with Gasteiger partial charge in [0.05, 0.1) is 0 Å². The van der Waals surface area contributed by atoms with Crippen molar-refractivity contribution < 1.29 is 35.8 Å². The van der Waals surface area contributed by atoms with Gasteiger partial charge in [0, 0.05) is 10.5 Å². The highest BCUT2D eigenvalue weighted by Crippen LogP contribution is 2.32. The lowest BCUT2D eigenvalue weighted by molar-refractivity contribution is -0.276. The highest BCUT2D eigenvalue weighted by atomic mass is 79.9. The van der Waals surface area contributed by atoms with Crippen LogP contribution in [0.4, 0.5) is 26.3 Å². The zero-order chi connectivity index (χ0) is 13.3. The van der Waals surface area contributed by atoms with Crippen LogP contribution in [0.2, 0.25) is 0 Å². The largest absolute Gasteiger partial charge is 0.573 e. The Kier molecular flexibility index (Phi) is 3.80. The SMILES string of the molecule is FC(F)(F)Oc1cc(Br)cc(OC(F)(F)F)c1. The van der Waals surface area contributed by atoms with Crippen LogP contribution in [0.1, 0.15) is 0 Å². The summed E-state index contributed by atoms with van der Waals surface area (Å²) in [6, 6.07) is 2.19. The van der Waals surface area contributed by atoms with Crippen LogP contribution in [0, 0.1) is 0 Å². The van der Waals surface area contributed by atoms with Crippen LogP contribution in [-0.4, -0.2) is 12.7 Å². The van der Waals surface area contributed by atoms with Gasteiger partial charge in [-0.25, -0.2) is 0 Å². The van der Waals surface area contributed by atoms with Crippen LogP contribution < -0.4 is 9.47 Å². The second kappa shape index (κ2) is 4.63. The van der Waals surface area contributed by atoms with Gasteiger partial charge in [0.1, 0.15) is 11.5 Å². The average Bonchev–Trinajstić information content (AvgIpc) is 1.93. The second-order valence-corrected chi connectivity index (χ2v) is 3.63. The zero-order valence-electron chi connectivity index (χ0n) is 7.69. The summed E-state index contributed by atoms with van der Waals surface area (Å²) < 4.78 is 77.9. The van der Waals surface area contributed by atoms with E-state index in [-0.39, 0.29) is 4.47 Å². The van der Waals surface area contributed by atoms with Crippen LogP contribution >= 0.6 is 15.9 Å². The minimum atomic E-state index is -4.99. The highest BCUT2D eigenvalue weighted by molar-refractivity contribution is 9.10. The van der Waals surface area contributed by atoms with E-state index in [2.05, 4.69) is 25.4 Å². The molecule has 0 radical (unpaired) electrons. The number of alkyl halides is 6. The third-order valence-electron chi connectivity index (χ3n) is 1.31. The molecule has 0 saturated carbocycles. The molecule has 17 heavy (non-hydrogen) atoms. The predicted octanol–water partition coefficient (Wildman–Crippen LogP) is 4.25. The number of halogens is 7. The van der Waals surface area contributed by atoms with Gasteiger partial charge < -0.3 is 9.47 Å². The minimum Gasteiger partial charge on any atom is -0.406 e. The van der Waals surface area contributed by atoms with Gasteiger partial charge in [-0.05, 0) is 12.1 Å². The summed E-state index contributed by atoms with van der Waals surface area (Å²) in [5.41, 5.74) is 0. The lowest BCUT2D eigenvalue weighted by atomic mass is 10.3. The van der Waals surface area contributed by atoms with E-state index >= 15 is 0 Å². The Balaban J connectivity index is 2.95. The first-order chi connectivity index (χ1) is 7.55. The Hall–Kier alpha value is -1.12. The van der Waals surface area contributed by atoms with Crippen molar-refractivity contribution in [3.05, 3.63) is 22.7 Å². The summed E-state index contributed by atoms with van der Waals surface area (Å²) in [4.78, 5) is 0. The van der Waals surface area contributed by atoms with E-state index in [1.54, 1.807) is 0 Å². The number of hydrogen-bond acceptors (Lipinski definition) is 2. The molecule has 1 rings (SSSR count). The Labute approximate surface area is 99.2 Å². The topological polar surface area (TPSA) is 18.5 Å². The normalized spacial score (nSPS) is 12.4. The van der Waals surface area contributed by atoms with E-state index in [4.69, 9.17) is 0 Å². The molecule has 0 N–H and O–H groups in total. The fraction of sp³-hybridized carbons (Fsp3) is 0.250. The van der Waals surface area contributed by atoms with Crippen molar-refractivity contribution >= 4 is 15.9 Å². The summed E-state index contributed by atoms with van der Waals surface area (Å²) in [6.45, 7) is 0. The molecule has 0 saturated heterocycles. The quantitative estimate of drug-likeness (QED) is 0.757. The van der Waals surface area contributed by atoms with Crippen molar-refractivity contribution in [2.75, 3.05) is 0 Å².